The summed E-state index contributed by atoms with van der Waals surface area (Å²) in [6.45, 7) is 6.47. The fourth-order valence-corrected chi connectivity index (χ4v) is 8.38. The van der Waals surface area contributed by atoms with Gasteiger partial charge < -0.3 is 14.2 Å². The molecule has 0 amide bonds. The molecule has 0 radical (unpaired) electrons. The molecule has 0 aromatic rings. The molecule has 0 aliphatic heterocycles. The largest absolute Gasteiger partial charge is 0.462 e. The maximum Gasteiger partial charge on any atom is 0.306 e. The number of ether oxygens (including phenoxy) is 3. The van der Waals surface area contributed by atoms with Gasteiger partial charge in [0.05, 0.1) is 0 Å². The van der Waals surface area contributed by atoms with Crippen molar-refractivity contribution in [2.75, 3.05) is 13.2 Å². The molecule has 0 aromatic heterocycles. The van der Waals surface area contributed by atoms with Gasteiger partial charge in [-0.15, -0.1) is 0 Å². The summed E-state index contributed by atoms with van der Waals surface area (Å²) in [5, 5.41) is 0. The number of allylic oxidation sites excluding steroid dienone is 18. The summed E-state index contributed by atoms with van der Waals surface area (Å²) in [6.07, 6.45) is 83.7. The Kier molecular flexibility index (Phi) is 58.3. The van der Waals surface area contributed by atoms with Crippen LogP contribution in [0, 0.1) is 0 Å². The molecule has 74 heavy (non-hydrogen) atoms. The van der Waals surface area contributed by atoms with Gasteiger partial charge in [-0.2, -0.15) is 0 Å². The van der Waals surface area contributed by atoms with Crippen LogP contribution in [-0.2, 0) is 28.6 Å². The quantitative estimate of drug-likeness (QED) is 0.0261. The first-order valence-electron chi connectivity index (χ1n) is 30.9. The summed E-state index contributed by atoms with van der Waals surface area (Å²) in [7, 11) is 0. The zero-order valence-electron chi connectivity index (χ0n) is 48.3. The van der Waals surface area contributed by atoms with Crippen molar-refractivity contribution in [3.63, 3.8) is 0 Å². The third kappa shape index (κ3) is 59.0. The predicted molar refractivity (Wildman–Crippen MR) is 320 cm³/mol. The minimum atomic E-state index is -0.793. The van der Waals surface area contributed by atoms with Crippen molar-refractivity contribution in [1.82, 2.24) is 0 Å². The van der Waals surface area contributed by atoms with Crippen LogP contribution in [0.15, 0.2) is 109 Å². The van der Waals surface area contributed by atoms with E-state index in [1.165, 1.54) is 96.3 Å². The van der Waals surface area contributed by atoms with Crippen LogP contribution in [0.3, 0.4) is 0 Å². The van der Waals surface area contributed by atoms with Crippen LogP contribution in [0.1, 0.15) is 284 Å². The molecule has 0 aromatic carbocycles. The first-order valence-corrected chi connectivity index (χ1v) is 30.9. The van der Waals surface area contributed by atoms with E-state index in [0.717, 1.165) is 148 Å². The summed E-state index contributed by atoms with van der Waals surface area (Å²) < 4.78 is 16.9. The van der Waals surface area contributed by atoms with E-state index >= 15 is 0 Å². The number of hydrogen-bond acceptors (Lipinski definition) is 6. The highest BCUT2D eigenvalue weighted by molar-refractivity contribution is 5.71. The van der Waals surface area contributed by atoms with Gasteiger partial charge in [-0.1, -0.05) is 271 Å². The Morgan fingerprint density at radius 3 is 0.865 bits per heavy atom. The molecule has 1 unspecified atom stereocenters. The maximum absolute atomic E-state index is 12.9. The highest BCUT2D eigenvalue weighted by Gasteiger charge is 2.19. The molecule has 0 saturated carbocycles. The maximum atomic E-state index is 12.9. The zero-order valence-corrected chi connectivity index (χ0v) is 48.3. The van der Waals surface area contributed by atoms with Crippen molar-refractivity contribution in [3.05, 3.63) is 109 Å². The van der Waals surface area contributed by atoms with Crippen molar-refractivity contribution in [3.8, 4) is 0 Å². The normalized spacial score (nSPS) is 12.9. The molecule has 0 fully saturated rings. The highest BCUT2D eigenvalue weighted by atomic mass is 16.6. The van der Waals surface area contributed by atoms with Crippen LogP contribution in [-0.4, -0.2) is 37.2 Å². The van der Waals surface area contributed by atoms with Gasteiger partial charge in [-0.25, -0.2) is 0 Å². The zero-order chi connectivity index (χ0) is 53.6. The summed E-state index contributed by atoms with van der Waals surface area (Å²) in [5.41, 5.74) is 0. The summed E-state index contributed by atoms with van der Waals surface area (Å²) in [5.74, 6) is -0.916. The van der Waals surface area contributed by atoms with Crippen LogP contribution in [0.4, 0.5) is 0 Å². The molecule has 0 heterocycles. The van der Waals surface area contributed by atoms with Crippen LogP contribution < -0.4 is 0 Å². The lowest BCUT2D eigenvalue weighted by molar-refractivity contribution is -0.167. The topological polar surface area (TPSA) is 78.9 Å². The third-order valence-corrected chi connectivity index (χ3v) is 13.0. The highest BCUT2D eigenvalue weighted by Crippen LogP contribution is 2.16. The fourth-order valence-electron chi connectivity index (χ4n) is 8.38. The van der Waals surface area contributed by atoms with E-state index in [2.05, 4.69) is 130 Å². The van der Waals surface area contributed by atoms with Crippen LogP contribution in [0.5, 0.6) is 0 Å². The third-order valence-electron chi connectivity index (χ3n) is 13.0. The molecule has 0 saturated heterocycles. The van der Waals surface area contributed by atoms with E-state index in [1.54, 1.807) is 0 Å². The number of carbonyl (C=O) groups excluding carboxylic acids is 3. The Morgan fingerprint density at radius 1 is 0.284 bits per heavy atom. The second kappa shape index (κ2) is 61.6. The minimum Gasteiger partial charge on any atom is -0.462 e. The van der Waals surface area contributed by atoms with Crippen molar-refractivity contribution >= 4 is 17.9 Å². The van der Waals surface area contributed by atoms with Gasteiger partial charge in [-0.3, -0.25) is 14.4 Å². The average Bonchev–Trinajstić information content (AvgIpc) is 3.40. The Balaban J connectivity index is 4.38. The van der Waals surface area contributed by atoms with E-state index in [4.69, 9.17) is 14.2 Å². The molecule has 1 atom stereocenters. The molecule has 0 aliphatic rings. The van der Waals surface area contributed by atoms with Crippen LogP contribution in [0.25, 0.3) is 0 Å². The Morgan fingerprint density at radius 2 is 0.541 bits per heavy atom. The molecule has 422 valence electrons. The summed E-state index contributed by atoms with van der Waals surface area (Å²) in [6, 6.07) is 0. The monoisotopic (exact) mass is 1030 g/mol. The molecule has 6 nitrogen and oxygen atoms in total. The lowest BCUT2D eigenvalue weighted by atomic mass is 10.0. The van der Waals surface area contributed by atoms with Gasteiger partial charge in [0.15, 0.2) is 6.10 Å². The van der Waals surface area contributed by atoms with Gasteiger partial charge in [0, 0.05) is 19.3 Å². The minimum absolute atomic E-state index is 0.0906. The predicted octanol–water partition coefficient (Wildman–Crippen LogP) is 21.0. The van der Waals surface area contributed by atoms with E-state index in [-0.39, 0.29) is 31.1 Å². The SMILES string of the molecule is CC/C=C\C/C=C\C/C=C\C/C=C\C/C=C\C/C=C\C/C=C\CCCCCCCC(=O)OCC(COC(=O)CCCCCCC/C=C\C/C=C\CCCC)OC(=O)CCCCCCCCCCCCCCCCC. The first-order chi connectivity index (χ1) is 36.5. The second-order valence-electron chi connectivity index (χ2n) is 20.2. The van der Waals surface area contributed by atoms with Crippen molar-refractivity contribution < 1.29 is 28.6 Å². The van der Waals surface area contributed by atoms with Crippen molar-refractivity contribution in [2.24, 2.45) is 0 Å². The number of rotatable bonds is 55. The fraction of sp³-hybridized carbons (Fsp3) is 0.691. The van der Waals surface area contributed by atoms with E-state index < -0.39 is 6.10 Å². The van der Waals surface area contributed by atoms with Crippen molar-refractivity contribution in [2.45, 2.75) is 290 Å². The average molecular weight is 1030 g/mol. The molecule has 6 heteroatoms. The second-order valence-corrected chi connectivity index (χ2v) is 20.2. The van der Waals surface area contributed by atoms with Gasteiger partial charge in [0.2, 0.25) is 0 Å². The Bertz CT molecular complexity index is 1510. The molecule has 0 spiro atoms. The Labute approximate surface area is 457 Å². The van der Waals surface area contributed by atoms with Crippen molar-refractivity contribution in [1.29, 1.82) is 0 Å². The Hall–Kier alpha value is -3.93. The molecular formula is C68H114O6. The smallest absolute Gasteiger partial charge is 0.306 e. The van der Waals surface area contributed by atoms with E-state index in [9.17, 15) is 14.4 Å². The number of esters is 3. The van der Waals surface area contributed by atoms with E-state index in [0.29, 0.717) is 19.3 Å². The van der Waals surface area contributed by atoms with Crippen LogP contribution >= 0.6 is 0 Å². The lowest BCUT2D eigenvalue weighted by Gasteiger charge is -2.18. The first kappa shape index (κ1) is 70.1. The standard InChI is InChI=1S/C68H114O6/c1-4-7-10-13-16-19-22-25-28-29-30-31-32-33-34-35-36-37-38-39-41-43-46-49-52-55-58-61-67(70)73-64-65(63-72-66(69)60-57-54-51-48-45-42-27-24-21-18-15-12-9-6-3)74-68(71)62-59-56-53-50-47-44-40-26-23-20-17-14-11-8-5-2/h7,10,15-16,18-19,24-25,27-28,30-31,33-34,36-37,39,41,65H,4-6,8-9,11-14,17,20-23,26,29,32,35,38,40,42-64H2,1-3H3/b10-7-,18-15-,19-16-,27-24-,28-25-,31-30-,34-33-,37-36-,41-39-. The number of unbranched alkanes of at least 4 members (excludes halogenated alkanes) is 26. The van der Waals surface area contributed by atoms with Crippen LogP contribution in [0.2, 0.25) is 0 Å². The van der Waals surface area contributed by atoms with Gasteiger partial charge in [0.1, 0.15) is 13.2 Å². The molecule has 0 rings (SSSR count). The number of hydrogen-bond donors (Lipinski definition) is 0. The summed E-state index contributed by atoms with van der Waals surface area (Å²) >= 11 is 0. The molecule has 0 bridgehead atoms. The molecular weight excluding hydrogens is 913 g/mol. The molecule has 0 N–H and O–H groups in total. The van der Waals surface area contributed by atoms with Gasteiger partial charge in [0.25, 0.3) is 0 Å². The molecule has 0 aliphatic carbocycles. The van der Waals surface area contributed by atoms with Gasteiger partial charge >= 0.3 is 17.9 Å². The van der Waals surface area contributed by atoms with E-state index in [1.807, 2.05) is 0 Å². The summed E-state index contributed by atoms with van der Waals surface area (Å²) in [4.78, 5) is 38.2. The van der Waals surface area contributed by atoms with Gasteiger partial charge in [-0.05, 0) is 103 Å². The lowest BCUT2D eigenvalue weighted by Crippen LogP contribution is -2.30. The number of carbonyl (C=O) groups is 3.